The van der Waals surface area contributed by atoms with Crippen molar-refractivity contribution in [3.8, 4) is 0 Å². The molecule has 32 heavy (non-hydrogen) atoms. The first-order valence-corrected chi connectivity index (χ1v) is 11.8. The van der Waals surface area contributed by atoms with Crippen LogP contribution in [0.1, 0.15) is 30.9 Å². The van der Waals surface area contributed by atoms with E-state index in [-0.39, 0.29) is 11.2 Å². The van der Waals surface area contributed by atoms with Gasteiger partial charge in [-0.25, -0.2) is 0 Å². The second-order valence-electron chi connectivity index (χ2n) is 8.07. The first-order valence-electron chi connectivity index (χ1n) is 10.9. The van der Waals surface area contributed by atoms with Crippen molar-refractivity contribution in [2.75, 3.05) is 19.0 Å². The summed E-state index contributed by atoms with van der Waals surface area (Å²) in [6, 6.07) is 22.6. The Kier molecular flexibility index (Phi) is 6.90. The van der Waals surface area contributed by atoms with Crippen molar-refractivity contribution in [3.05, 3.63) is 77.9 Å². The molecule has 1 aliphatic heterocycles. The predicted octanol–water partition coefficient (Wildman–Crippen LogP) is 5.54. The van der Waals surface area contributed by atoms with Crippen LogP contribution in [-0.4, -0.2) is 41.5 Å². The lowest BCUT2D eigenvalue weighted by molar-refractivity contribution is -0.126. The molecule has 0 aliphatic carbocycles. The van der Waals surface area contributed by atoms with Gasteiger partial charge in [-0.15, -0.1) is 5.10 Å². The lowest BCUT2D eigenvalue weighted by Gasteiger charge is -2.17. The average Bonchev–Trinajstić information content (AvgIpc) is 3.09. The average molecular weight is 445 g/mol. The number of fused-ring (bicyclic) bond motifs is 1. The molecule has 164 valence electrons. The van der Waals surface area contributed by atoms with E-state index in [1.54, 1.807) is 11.1 Å². The standard InChI is InChI=1S/C26H28N4OS/c1-4-8-24-25(31)30(18-21-11-7-10-20-9-5-6-12-23(20)21)26(32-24)28-27-17-19-13-15-22(16-14-19)29(2)3/h5-7,9-17,24H,4,8,18H2,1-3H3/b27-17+,28-26-. The van der Waals surface area contributed by atoms with Gasteiger partial charge in [0, 0.05) is 19.8 Å². The fraction of sp³-hybridized carbons (Fsp3) is 0.269. The summed E-state index contributed by atoms with van der Waals surface area (Å²) in [7, 11) is 4.03. The molecule has 4 rings (SSSR count). The normalized spacial score (nSPS) is 17.7. The molecular weight excluding hydrogens is 416 g/mol. The van der Waals surface area contributed by atoms with Crippen LogP contribution in [0.5, 0.6) is 0 Å². The van der Waals surface area contributed by atoms with Crippen LogP contribution in [0.4, 0.5) is 5.69 Å². The fourth-order valence-corrected chi connectivity index (χ4v) is 4.99. The molecule has 0 spiro atoms. The van der Waals surface area contributed by atoms with Crippen molar-refractivity contribution in [1.82, 2.24) is 4.90 Å². The van der Waals surface area contributed by atoms with Gasteiger partial charge in [-0.3, -0.25) is 9.69 Å². The van der Waals surface area contributed by atoms with Crippen LogP contribution in [0.25, 0.3) is 10.8 Å². The molecule has 1 atom stereocenters. The molecule has 1 heterocycles. The van der Waals surface area contributed by atoms with Gasteiger partial charge in [0.2, 0.25) is 5.91 Å². The zero-order chi connectivity index (χ0) is 22.5. The zero-order valence-electron chi connectivity index (χ0n) is 18.7. The molecule has 1 saturated heterocycles. The van der Waals surface area contributed by atoms with Crippen molar-refractivity contribution >= 4 is 45.5 Å². The molecule has 1 amide bonds. The monoisotopic (exact) mass is 444 g/mol. The van der Waals surface area contributed by atoms with Gasteiger partial charge in [0.25, 0.3) is 0 Å². The van der Waals surface area contributed by atoms with E-state index in [1.165, 1.54) is 17.1 Å². The minimum Gasteiger partial charge on any atom is -0.378 e. The zero-order valence-corrected chi connectivity index (χ0v) is 19.5. The largest absolute Gasteiger partial charge is 0.378 e. The molecule has 0 radical (unpaired) electrons. The van der Waals surface area contributed by atoms with E-state index in [2.05, 4.69) is 46.3 Å². The number of hydrogen-bond acceptors (Lipinski definition) is 5. The Labute approximate surface area is 193 Å². The van der Waals surface area contributed by atoms with Crippen molar-refractivity contribution in [1.29, 1.82) is 0 Å². The maximum absolute atomic E-state index is 13.1. The highest BCUT2D eigenvalue weighted by Crippen LogP contribution is 2.32. The van der Waals surface area contributed by atoms with E-state index < -0.39 is 0 Å². The van der Waals surface area contributed by atoms with E-state index in [1.807, 2.05) is 56.6 Å². The third kappa shape index (κ3) is 4.86. The summed E-state index contributed by atoms with van der Waals surface area (Å²) in [5.74, 6) is 0.120. The number of amidine groups is 1. The Bertz CT molecular complexity index is 1150. The van der Waals surface area contributed by atoms with E-state index in [4.69, 9.17) is 0 Å². The number of amides is 1. The molecule has 0 N–H and O–H groups in total. The Balaban J connectivity index is 1.59. The van der Waals surface area contributed by atoms with Gasteiger partial charge in [0.1, 0.15) is 0 Å². The number of carbonyl (C=O) groups excluding carboxylic acids is 1. The summed E-state index contributed by atoms with van der Waals surface area (Å²) >= 11 is 1.52. The molecule has 3 aromatic rings. The van der Waals surface area contributed by atoms with Crippen LogP contribution >= 0.6 is 11.8 Å². The van der Waals surface area contributed by atoms with Gasteiger partial charge in [-0.1, -0.05) is 79.7 Å². The predicted molar refractivity (Wildman–Crippen MR) is 137 cm³/mol. The van der Waals surface area contributed by atoms with Crippen LogP contribution in [0.3, 0.4) is 0 Å². The fourth-order valence-electron chi connectivity index (χ4n) is 3.78. The number of benzene rings is 3. The van der Waals surface area contributed by atoms with E-state index in [0.717, 1.165) is 35.0 Å². The van der Waals surface area contributed by atoms with Crippen LogP contribution in [0.15, 0.2) is 76.9 Å². The van der Waals surface area contributed by atoms with Crippen LogP contribution in [0, 0.1) is 0 Å². The molecule has 0 saturated carbocycles. The Morgan fingerprint density at radius 3 is 2.53 bits per heavy atom. The number of thioether (sulfide) groups is 1. The second-order valence-corrected chi connectivity index (χ2v) is 9.24. The summed E-state index contributed by atoms with van der Waals surface area (Å²) in [4.78, 5) is 17.0. The van der Waals surface area contributed by atoms with Crippen molar-refractivity contribution in [2.24, 2.45) is 10.2 Å². The maximum Gasteiger partial charge on any atom is 0.242 e. The van der Waals surface area contributed by atoms with Gasteiger partial charge in [-0.05, 0) is 40.5 Å². The van der Waals surface area contributed by atoms with E-state index in [0.29, 0.717) is 11.7 Å². The number of hydrogen-bond donors (Lipinski definition) is 0. The molecule has 6 heteroatoms. The molecule has 1 aliphatic rings. The Hall–Kier alpha value is -3.12. The van der Waals surface area contributed by atoms with Gasteiger partial charge < -0.3 is 4.90 Å². The molecule has 5 nitrogen and oxygen atoms in total. The highest BCUT2D eigenvalue weighted by molar-refractivity contribution is 8.15. The third-order valence-electron chi connectivity index (χ3n) is 5.54. The highest BCUT2D eigenvalue weighted by atomic mass is 32.2. The Morgan fingerprint density at radius 2 is 1.78 bits per heavy atom. The Morgan fingerprint density at radius 1 is 1.03 bits per heavy atom. The van der Waals surface area contributed by atoms with Crippen LogP contribution in [-0.2, 0) is 11.3 Å². The molecule has 1 unspecified atom stereocenters. The van der Waals surface area contributed by atoms with Gasteiger partial charge >= 0.3 is 0 Å². The van der Waals surface area contributed by atoms with Gasteiger partial charge in [0.05, 0.1) is 18.0 Å². The maximum atomic E-state index is 13.1. The van der Waals surface area contributed by atoms with Crippen molar-refractivity contribution in [2.45, 2.75) is 31.6 Å². The molecule has 0 bridgehead atoms. The summed E-state index contributed by atoms with van der Waals surface area (Å²) in [6.45, 7) is 2.60. The molecule has 0 aromatic heterocycles. The molecule has 3 aromatic carbocycles. The summed E-state index contributed by atoms with van der Waals surface area (Å²) in [5.41, 5.74) is 3.22. The quantitative estimate of drug-likeness (QED) is 0.355. The highest BCUT2D eigenvalue weighted by Gasteiger charge is 2.37. The molecule has 1 fully saturated rings. The second kappa shape index (κ2) is 10.0. The first-order chi connectivity index (χ1) is 15.6. The smallest absolute Gasteiger partial charge is 0.242 e. The minimum atomic E-state index is -0.0942. The van der Waals surface area contributed by atoms with Crippen LogP contribution < -0.4 is 4.90 Å². The van der Waals surface area contributed by atoms with Crippen LogP contribution in [0.2, 0.25) is 0 Å². The topological polar surface area (TPSA) is 48.3 Å². The lowest BCUT2D eigenvalue weighted by atomic mass is 10.0. The summed E-state index contributed by atoms with van der Waals surface area (Å²) in [6.07, 6.45) is 3.53. The number of nitrogens with zero attached hydrogens (tertiary/aromatic N) is 4. The first kappa shape index (κ1) is 22.1. The van der Waals surface area contributed by atoms with Crippen molar-refractivity contribution in [3.63, 3.8) is 0 Å². The number of anilines is 1. The van der Waals surface area contributed by atoms with E-state index in [9.17, 15) is 4.79 Å². The van der Waals surface area contributed by atoms with Gasteiger partial charge in [-0.2, -0.15) is 5.10 Å². The summed E-state index contributed by atoms with van der Waals surface area (Å²) < 4.78 is 0. The van der Waals surface area contributed by atoms with Gasteiger partial charge in [0.15, 0.2) is 5.17 Å². The third-order valence-corrected chi connectivity index (χ3v) is 6.77. The number of carbonyl (C=O) groups is 1. The van der Waals surface area contributed by atoms with E-state index >= 15 is 0 Å². The number of rotatable bonds is 7. The molecular formula is C26H28N4OS. The summed E-state index contributed by atoms with van der Waals surface area (Å²) in [5, 5.41) is 11.7. The van der Waals surface area contributed by atoms with Crippen molar-refractivity contribution < 1.29 is 4.79 Å². The minimum absolute atomic E-state index is 0.0942. The SMILES string of the molecule is CCCC1S/C(=N\N=C\c2ccc(N(C)C)cc2)N(Cc2cccc3ccccc23)C1=O. The lowest BCUT2D eigenvalue weighted by Crippen LogP contribution is -2.31.